The molecule has 19 heavy (non-hydrogen) atoms. The van der Waals surface area contributed by atoms with Gasteiger partial charge in [-0.1, -0.05) is 6.42 Å². The molecule has 2 bridgehead atoms. The van der Waals surface area contributed by atoms with Gasteiger partial charge >= 0.3 is 11.4 Å². The first kappa shape index (κ1) is 8.82. The van der Waals surface area contributed by atoms with Crippen LogP contribution in [-0.2, 0) is 7.05 Å². The predicted octanol–water partition coefficient (Wildman–Crippen LogP) is 0.120. The first-order valence-electron chi connectivity index (χ1n) is 7.58. The summed E-state index contributed by atoms with van der Waals surface area (Å²) in [5, 5.41) is 0. The maximum absolute atomic E-state index is 12.4. The van der Waals surface area contributed by atoms with E-state index in [-0.39, 0.29) is 11.4 Å². The van der Waals surface area contributed by atoms with Gasteiger partial charge in [0.05, 0.1) is 12.1 Å². The van der Waals surface area contributed by atoms with Gasteiger partial charge in [-0.2, -0.15) is 0 Å². The molecule has 5 aliphatic carbocycles. The third-order valence-corrected chi connectivity index (χ3v) is 8.16. The predicted molar refractivity (Wildman–Crippen MR) is 64.7 cm³/mol. The van der Waals surface area contributed by atoms with Crippen LogP contribution in [0.1, 0.15) is 31.3 Å². The molecule has 2 spiro atoms. The quantitative estimate of drug-likeness (QED) is 0.663. The molecule has 5 fully saturated rings. The van der Waals surface area contributed by atoms with E-state index in [1.165, 1.54) is 23.8 Å². The summed E-state index contributed by atoms with van der Waals surface area (Å²) >= 11 is 0. The molecule has 98 valence electrons. The van der Waals surface area contributed by atoms with E-state index in [0.717, 1.165) is 23.7 Å². The maximum atomic E-state index is 12.4. The number of hydrogen-bond acceptors (Lipinski definition) is 2. The van der Waals surface area contributed by atoms with E-state index in [1.54, 1.807) is 7.05 Å². The van der Waals surface area contributed by atoms with Crippen LogP contribution in [0.3, 0.4) is 0 Å². The lowest BCUT2D eigenvalue weighted by Crippen LogP contribution is -2.51. The molecule has 3 heterocycles. The Bertz CT molecular complexity index is 767. The van der Waals surface area contributed by atoms with Crippen molar-refractivity contribution in [1.82, 2.24) is 13.9 Å². The Morgan fingerprint density at radius 3 is 2.00 bits per heavy atom. The monoisotopic (exact) mass is 257 g/mol. The number of aromatic nitrogens is 3. The van der Waals surface area contributed by atoms with Crippen molar-refractivity contribution in [2.24, 2.45) is 41.5 Å². The maximum Gasteiger partial charge on any atom is 0.347 e. The van der Waals surface area contributed by atoms with E-state index in [0.29, 0.717) is 22.9 Å². The lowest BCUT2D eigenvalue weighted by atomic mass is 9.73. The van der Waals surface area contributed by atoms with Gasteiger partial charge in [-0.25, -0.2) is 23.5 Å². The van der Waals surface area contributed by atoms with Gasteiger partial charge in [-0.3, -0.25) is 0 Å². The highest BCUT2D eigenvalue weighted by atomic mass is 16.2. The summed E-state index contributed by atoms with van der Waals surface area (Å²) in [4.78, 5) is 24.9. The largest absolute Gasteiger partial charge is 0.347 e. The molecule has 7 aliphatic rings. The van der Waals surface area contributed by atoms with Crippen LogP contribution in [0, 0.1) is 34.5 Å². The van der Waals surface area contributed by atoms with Gasteiger partial charge in [-0.05, 0) is 36.5 Å². The second-order valence-electron chi connectivity index (χ2n) is 7.85. The third-order valence-electron chi connectivity index (χ3n) is 8.16. The zero-order valence-corrected chi connectivity index (χ0v) is 10.7. The number of rotatable bonds is 0. The summed E-state index contributed by atoms with van der Waals surface area (Å²) in [5.74, 6) is 3.23. The van der Waals surface area contributed by atoms with E-state index in [4.69, 9.17) is 0 Å². The van der Waals surface area contributed by atoms with E-state index >= 15 is 0 Å². The molecule has 0 N–H and O–H groups in total. The van der Waals surface area contributed by atoms with Crippen LogP contribution in [0.4, 0.5) is 0 Å². The van der Waals surface area contributed by atoms with Crippen LogP contribution in [0.2, 0.25) is 0 Å². The van der Waals surface area contributed by atoms with Crippen molar-refractivity contribution in [2.45, 2.75) is 31.3 Å². The van der Waals surface area contributed by atoms with Crippen molar-refractivity contribution in [2.75, 3.05) is 0 Å². The molecule has 0 aromatic carbocycles. The second-order valence-corrected chi connectivity index (χ2v) is 7.85. The normalized spacial score (nSPS) is 63.2. The smallest absolute Gasteiger partial charge is 0.246 e. The average Bonchev–Trinajstić information content (AvgIpc) is 3.01. The zero-order chi connectivity index (χ0) is 12.5. The topological polar surface area (TPSA) is 48.9 Å². The Hall–Kier alpha value is -1.26. The minimum absolute atomic E-state index is 0.0634. The highest BCUT2D eigenvalue weighted by molar-refractivity contribution is 5.49. The van der Waals surface area contributed by atoms with E-state index in [9.17, 15) is 9.59 Å². The summed E-state index contributed by atoms with van der Waals surface area (Å²) in [6.07, 6.45) is 3.94. The molecule has 0 saturated heterocycles. The summed E-state index contributed by atoms with van der Waals surface area (Å²) in [6.45, 7) is 0. The van der Waals surface area contributed by atoms with Crippen molar-refractivity contribution in [3.8, 4) is 0 Å². The number of nitrogens with zero attached hydrogens (tertiary/aromatic N) is 3. The lowest BCUT2D eigenvalue weighted by Gasteiger charge is -2.45. The molecule has 1 aromatic rings. The number of hydrogen-bond donors (Lipinski definition) is 0. The Labute approximate surface area is 108 Å². The molecule has 5 nitrogen and oxygen atoms in total. The highest BCUT2D eigenvalue weighted by Gasteiger charge is 3.03. The van der Waals surface area contributed by atoms with Crippen molar-refractivity contribution < 1.29 is 0 Å². The van der Waals surface area contributed by atoms with Crippen LogP contribution in [0.25, 0.3) is 0 Å². The fourth-order valence-electron chi connectivity index (χ4n) is 8.24. The minimum Gasteiger partial charge on any atom is -0.246 e. The van der Waals surface area contributed by atoms with Crippen molar-refractivity contribution in [3.05, 3.63) is 21.0 Å². The Balaban J connectivity index is 1.71. The summed E-state index contributed by atoms with van der Waals surface area (Å²) in [7, 11) is 1.64. The lowest BCUT2D eigenvalue weighted by molar-refractivity contribution is 0.0178. The first-order valence-corrected chi connectivity index (χ1v) is 7.58. The van der Waals surface area contributed by atoms with E-state index in [1.807, 2.05) is 9.36 Å². The second kappa shape index (κ2) is 1.90. The van der Waals surface area contributed by atoms with Gasteiger partial charge in [0, 0.05) is 17.9 Å². The summed E-state index contributed by atoms with van der Waals surface area (Å²) < 4.78 is 5.11. The average molecular weight is 257 g/mol. The van der Waals surface area contributed by atoms with Crippen LogP contribution in [0.15, 0.2) is 9.59 Å². The van der Waals surface area contributed by atoms with E-state index < -0.39 is 0 Å². The molecule has 1 aromatic heterocycles. The molecule has 5 saturated carbocycles. The highest BCUT2D eigenvalue weighted by Crippen LogP contribution is 3.05. The molecule has 8 rings (SSSR count). The SMILES string of the molecule is Cn1c(=O)n2n(c1=O)[C@H]1[C@H]3C4C5[C@@]6(CCC[C@]516)[C@@H]2[C@@H]43. The molecule has 6 atom stereocenters. The van der Waals surface area contributed by atoms with Crippen LogP contribution in [-0.4, -0.2) is 13.9 Å². The molecular formula is C14H15N3O2. The third kappa shape index (κ3) is 0.472. The van der Waals surface area contributed by atoms with E-state index in [2.05, 4.69) is 0 Å². The molecule has 2 aliphatic heterocycles. The molecular weight excluding hydrogens is 242 g/mol. The van der Waals surface area contributed by atoms with Crippen LogP contribution < -0.4 is 11.4 Å². The van der Waals surface area contributed by atoms with Crippen molar-refractivity contribution in [1.29, 1.82) is 0 Å². The molecule has 5 heteroatoms. The first-order chi connectivity index (χ1) is 9.18. The molecule has 0 unspecified atom stereocenters. The minimum atomic E-state index is -0.0634. The summed E-state index contributed by atoms with van der Waals surface area (Å²) in [5.41, 5.74) is 0.761. The van der Waals surface area contributed by atoms with Gasteiger partial charge < -0.3 is 0 Å². The Morgan fingerprint density at radius 1 is 0.947 bits per heavy atom. The summed E-state index contributed by atoms with van der Waals surface area (Å²) in [6, 6.07) is 0.753. The van der Waals surface area contributed by atoms with Crippen molar-refractivity contribution >= 4 is 0 Å². The Kier molecular flexibility index (Phi) is 0.881. The standard InChI is InChI=1S/C14H15N3O2/c1-15-11(18)16-9-6-5-7(6)10(17(16)12(15)19)14-4-2-3-13(9,14)8(5)14/h5-10H,2-4H2,1H3/t5?,6-,7-,8?,9-,10-,13-,14-/m0/s1. The molecule has 0 amide bonds. The zero-order valence-electron chi connectivity index (χ0n) is 10.7. The fraction of sp³-hybridized carbons (Fsp3) is 0.857. The molecule has 0 radical (unpaired) electrons. The fourth-order valence-corrected chi connectivity index (χ4v) is 8.24. The van der Waals surface area contributed by atoms with Gasteiger partial charge in [-0.15, -0.1) is 0 Å². The van der Waals surface area contributed by atoms with Crippen LogP contribution >= 0.6 is 0 Å². The van der Waals surface area contributed by atoms with Gasteiger partial charge in [0.25, 0.3) is 0 Å². The van der Waals surface area contributed by atoms with Gasteiger partial charge in [0.1, 0.15) is 0 Å². The van der Waals surface area contributed by atoms with Crippen molar-refractivity contribution in [3.63, 3.8) is 0 Å². The van der Waals surface area contributed by atoms with Gasteiger partial charge in [0.2, 0.25) is 0 Å². The van der Waals surface area contributed by atoms with Gasteiger partial charge in [0.15, 0.2) is 0 Å². The Morgan fingerprint density at radius 2 is 1.47 bits per heavy atom. The van der Waals surface area contributed by atoms with Crippen LogP contribution in [0.5, 0.6) is 0 Å².